The molecule has 1 heterocycles. The summed E-state index contributed by atoms with van der Waals surface area (Å²) in [7, 11) is 0. The number of aliphatic hydroxyl groups excluding tert-OH is 1. The fraction of sp³-hybridized carbons (Fsp3) is 0.765. The van der Waals surface area contributed by atoms with Crippen LogP contribution in [0.3, 0.4) is 0 Å². The van der Waals surface area contributed by atoms with E-state index in [0.29, 0.717) is 5.92 Å². The van der Waals surface area contributed by atoms with Gasteiger partial charge >= 0.3 is 0 Å². The van der Waals surface area contributed by atoms with Crippen molar-refractivity contribution in [1.29, 1.82) is 0 Å². The molecule has 6 heteroatoms. The molecule has 3 N–H and O–H groups in total. The van der Waals surface area contributed by atoms with Crippen LogP contribution in [0.15, 0.2) is 12.2 Å². The Morgan fingerprint density at radius 1 is 1.22 bits per heavy atom. The molecule has 0 spiro atoms. The lowest BCUT2D eigenvalue weighted by atomic mass is 9.89. The van der Waals surface area contributed by atoms with E-state index in [4.69, 9.17) is 4.74 Å². The van der Waals surface area contributed by atoms with Crippen molar-refractivity contribution in [3.63, 3.8) is 0 Å². The molecule has 0 radical (unpaired) electrons. The third kappa shape index (κ3) is 5.95. The zero-order chi connectivity index (χ0) is 16.7. The molecule has 0 aromatic carbocycles. The highest BCUT2D eigenvalue weighted by molar-refractivity contribution is 5.76. The van der Waals surface area contributed by atoms with Gasteiger partial charge in [0.2, 0.25) is 11.8 Å². The van der Waals surface area contributed by atoms with E-state index in [9.17, 15) is 14.7 Å². The molecular weight excluding hydrogens is 296 g/mol. The Morgan fingerprint density at radius 3 is 2.61 bits per heavy atom. The quantitative estimate of drug-likeness (QED) is 0.633. The minimum Gasteiger partial charge on any atom is -0.394 e. The van der Waals surface area contributed by atoms with Gasteiger partial charge in [-0.15, -0.1) is 0 Å². The van der Waals surface area contributed by atoms with Gasteiger partial charge in [-0.05, 0) is 18.8 Å². The summed E-state index contributed by atoms with van der Waals surface area (Å²) in [6, 6.07) is -0.348. The minimum absolute atomic E-state index is 0.0279. The predicted octanol–water partition coefficient (Wildman–Crippen LogP) is 0.894. The molecule has 0 aromatic rings. The molecule has 130 valence electrons. The molecular formula is C17H28N2O4. The van der Waals surface area contributed by atoms with Gasteiger partial charge in [0.05, 0.1) is 25.2 Å². The zero-order valence-corrected chi connectivity index (χ0v) is 13.8. The van der Waals surface area contributed by atoms with Gasteiger partial charge in [0.15, 0.2) is 0 Å². The third-order valence-corrected chi connectivity index (χ3v) is 4.53. The molecule has 1 aliphatic carbocycles. The lowest BCUT2D eigenvalue weighted by Gasteiger charge is -2.31. The Kier molecular flexibility index (Phi) is 7.05. The Bertz CT molecular complexity index is 432. The van der Waals surface area contributed by atoms with Crippen LogP contribution in [0.5, 0.6) is 0 Å². The molecule has 0 bridgehead atoms. The smallest absolute Gasteiger partial charge is 0.222 e. The number of amides is 2. The van der Waals surface area contributed by atoms with E-state index in [0.717, 1.165) is 6.54 Å². The molecule has 1 fully saturated rings. The van der Waals surface area contributed by atoms with Gasteiger partial charge in [0.1, 0.15) is 6.10 Å². The highest BCUT2D eigenvalue weighted by atomic mass is 16.5. The van der Waals surface area contributed by atoms with Gasteiger partial charge in [-0.2, -0.15) is 0 Å². The Hall–Kier alpha value is -1.40. The second-order valence-electron chi connectivity index (χ2n) is 6.52. The van der Waals surface area contributed by atoms with E-state index in [2.05, 4.69) is 10.6 Å². The molecule has 0 saturated heterocycles. The highest BCUT2D eigenvalue weighted by Gasteiger charge is 2.28. The maximum absolute atomic E-state index is 12.1. The van der Waals surface area contributed by atoms with Gasteiger partial charge in [0.25, 0.3) is 0 Å². The van der Waals surface area contributed by atoms with Gasteiger partial charge in [-0.1, -0.05) is 31.4 Å². The van der Waals surface area contributed by atoms with Crippen molar-refractivity contribution in [1.82, 2.24) is 10.6 Å². The standard InChI is InChI=1S/C17H28N2O4/c1-12(21)19-15-8-7-14(23-16(15)11-20)9-17(22)18-10-13-5-3-2-4-6-13/h7-8,13-16,20H,2-6,9-11H2,1H3,(H,18,22)(H,19,21)/t14-,15-,16-/m1/s1. The van der Waals surface area contributed by atoms with Crippen molar-refractivity contribution >= 4 is 11.8 Å². The van der Waals surface area contributed by atoms with Crippen LogP contribution in [-0.2, 0) is 14.3 Å². The first-order valence-electron chi connectivity index (χ1n) is 8.57. The molecule has 2 aliphatic rings. The van der Waals surface area contributed by atoms with Crippen LogP contribution in [0.1, 0.15) is 45.4 Å². The average molecular weight is 324 g/mol. The molecule has 1 saturated carbocycles. The third-order valence-electron chi connectivity index (χ3n) is 4.53. The van der Waals surface area contributed by atoms with Crippen molar-refractivity contribution < 1.29 is 19.4 Å². The van der Waals surface area contributed by atoms with E-state index in [1.54, 1.807) is 12.2 Å². The SMILES string of the molecule is CC(=O)N[C@@H]1C=C[C@H](CC(=O)NCC2CCCCC2)O[C@@H]1CO. The largest absolute Gasteiger partial charge is 0.394 e. The molecule has 0 aromatic heterocycles. The second-order valence-corrected chi connectivity index (χ2v) is 6.52. The number of aliphatic hydroxyl groups is 1. The van der Waals surface area contributed by atoms with Crippen molar-refractivity contribution in [2.45, 2.75) is 63.7 Å². The summed E-state index contributed by atoms with van der Waals surface area (Å²) in [6.07, 6.45) is 9.18. The summed E-state index contributed by atoms with van der Waals surface area (Å²) in [5, 5.41) is 15.1. The van der Waals surface area contributed by atoms with E-state index >= 15 is 0 Å². The van der Waals surface area contributed by atoms with Crippen LogP contribution >= 0.6 is 0 Å². The topological polar surface area (TPSA) is 87.7 Å². The first-order chi connectivity index (χ1) is 11.1. The van der Waals surface area contributed by atoms with E-state index < -0.39 is 6.10 Å². The number of carbonyl (C=O) groups excluding carboxylic acids is 2. The molecule has 23 heavy (non-hydrogen) atoms. The Labute approximate surface area is 137 Å². The van der Waals surface area contributed by atoms with Gasteiger partial charge in [-0.3, -0.25) is 9.59 Å². The van der Waals surface area contributed by atoms with Crippen LogP contribution in [0.2, 0.25) is 0 Å². The zero-order valence-electron chi connectivity index (χ0n) is 13.8. The van der Waals surface area contributed by atoms with Crippen LogP contribution in [0, 0.1) is 5.92 Å². The summed E-state index contributed by atoms with van der Waals surface area (Å²) < 4.78 is 5.70. The fourth-order valence-electron chi connectivity index (χ4n) is 3.27. The lowest BCUT2D eigenvalue weighted by Crippen LogP contribution is -2.48. The number of hydrogen-bond acceptors (Lipinski definition) is 4. The van der Waals surface area contributed by atoms with Crippen LogP contribution < -0.4 is 10.6 Å². The fourth-order valence-corrected chi connectivity index (χ4v) is 3.27. The molecule has 2 amide bonds. The maximum atomic E-state index is 12.1. The van der Waals surface area contributed by atoms with Crippen molar-refractivity contribution in [2.75, 3.05) is 13.2 Å². The molecule has 6 nitrogen and oxygen atoms in total. The highest BCUT2D eigenvalue weighted by Crippen LogP contribution is 2.23. The normalized spacial score (nSPS) is 28.3. The first-order valence-corrected chi connectivity index (χ1v) is 8.57. The van der Waals surface area contributed by atoms with Crippen LogP contribution in [0.4, 0.5) is 0 Å². The molecule has 0 unspecified atom stereocenters. The van der Waals surface area contributed by atoms with Gasteiger partial charge in [0, 0.05) is 13.5 Å². The number of ether oxygens (including phenoxy) is 1. The summed E-state index contributed by atoms with van der Waals surface area (Å²) in [5.41, 5.74) is 0. The second kappa shape index (κ2) is 9.03. The molecule has 2 rings (SSSR count). The van der Waals surface area contributed by atoms with Crippen LogP contribution in [-0.4, -0.2) is 48.3 Å². The van der Waals surface area contributed by atoms with Gasteiger partial charge in [-0.25, -0.2) is 0 Å². The van der Waals surface area contributed by atoms with Crippen molar-refractivity contribution in [2.24, 2.45) is 5.92 Å². The number of carbonyl (C=O) groups is 2. The Morgan fingerprint density at radius 2 is 1.96 bits per heavy atom. The predicted molar refractivity (Wildman–Crippen MR) is 86.7 cm³/mol. The Balaban J connectivity index is 1.76. The van der Waals surface area contributed by atoms with E-state index in [1.165, 1.54) is 39.0 Å². The first kappa shape index (κ1) is 17.9. The molecule has 1 aliphatic heterocycles. The van der Waals surface area contributed by atoms with Crippen molar-refractivity contribution in [3.05, 3.63) is 12.2 Å². The number of hydrogen-bond donors (Lipinski definition) is 3. The maximum Gasteiger partial charge on any atom is 0.222 e. The minimum atomic E-state index is -0.514. The summed E-state index contributed by atoms with van der Waals surface area (Å²) in [4.78, 5) is 23.2. The number of nitrogens with one attached hydrogen (secondary N) is 2. The van der Waals surface area contributed by atoms with E-state index in [-0.39, 0.29) is 37.0 Å². The summed E-state index contributed by atoms with van der Waals surface area (Å²) >= 11 is 0. The number of rotatable bonds is 6. The van der Waals surface area contributed by atoms with Crippen LogP contribution in [0.25, 0.3) is 0 Å². The van der Waals surface area contributed by atoms with E-state index in [1.807, 2.05) is 0 Å². The van der Waals surface area contributed by atoms with Crippen molar-refractivity contribution in [3.8, 4) is 0 Å². The van der Waals surface area contributed by atoms with Gasteiger partial charge < -0.3 is 20.5 Å². The summed E-state index contributed by atoms with van der Waals surface area (Å²) in [5.74, 6) is 0.398. The lowest BCUT2D eigenvalue weighted by molar-refractivity contribution is -0.127. The molecule has 3 atom stereocenters. The average Bonchev–Trinajstić information content (AvgIpc) is 2.55. The summed E-state index contributed by atoms with van der Waals surface area (Å²) in [6.45, 7) is 1.97. The monoisotopic (exact) mass is 324 g/mol.